The second kappa shape index (κ2) is 5.86. The third-order valence-corrected chi connectivity index (χ3v) is 2.95. The minimum absolute atomic E-state index is 0.0614. The third kappa shape index (κ3) is 3.32. The van der Waals surface area contributed by atoms with Crippen LogP contribution in [0.5, 0.6) is 5.75 Å². The average Bonchev–Trinajstić information content (AvgIpc) is 2.80. The second-order valence-electron chi connectivity index (χ2n) is 4.92. The largest absolute Gasteiger partial charge is 0.457 e. The lowest BCUT2D eigenvalue weighted by Gasteiger charge is -2.14. The van der Waals surface area contributed by atoms with Crippen molar-refractivity contribution in [2.24, 2.45) is 0 Å². The molecule has 0 amide bonds. The first kappa shape index (κ1) is 16.1. The van der Waals surface area contributed by atoms with Crippen molar-refractivity contribution < 1.29 is 22.3 Å². The summed E-state index contributed by atoms with van der Waals surface area (Å²) < 4.78 is 56.3. The molecule has 22 heavy (non-hydrogen) atoms. The SMILES string of the molecule is CC(C)n1ccn(-c2cccc(OC(F)C(F)(F)F)c2)c1=O. The first-order valence-electron chi connectivity index (χ1n) is 6.47. The van der Waals surface area contributed by atoms with Crippen molar-refractivity contribution in [1.29, 1.82) is 0 Å². The summed E-state index contributed by atoms with van der Waals surface area (Å²) in [4.78, 5) is 12.1. The van der Waals surface area contributed by atoms with Crippen molar-refractivity contribution in [1.82, 2.24) is 9.13 Å². The average molecular weight is 318 g/mol. The molecule has 0 radical (unpaired) electrons. The van der Waals surface area contributed by atoms with Crippen LogP contribution in [0.3, 0.4) is 0 Å². The van der Waals surface area contributed by atoms with Crippen molar-refractivity contribution >= 4 is 0 Å². The van der Waals surface area contributed by atoms with Crippen molar-refractivity contribution in [3.8, 4) is 11.4 Å². The molecule has 0 bridgehead atoms. The van der Waals surface area contributed by atoms with Gasteiger partial charge in [0.25, 0.3) is 0 Å². The molecule has 1 heterocycles. The van der Waals surface area contributed by atoms with Crippen molar-refractivity contribution in [3.05, 3.63) is 47.1 Å². The highest BCUT2D eigenvalue weighted by Crippen LogP contribution is 2.26. The van der Waals surface area contributed by atoms with E-state index >= 15 is 0 Å². The van der Waals surface area contributed by atoms with E-state index in [0.29, 0.717) is 0 Å². The van der Waals surface area contributed by atoms with E-state index in [1.807, 2.05) is 13.8 Å². The summed E-state index contributed by atoms with van der Waals surface area (Å²) in [5, 5.41) is 0. The van der Waals surface area contributed by atoms with Gasteiger partial charge in [-0.25, -0.2) is 4.79 Å². The monoisotopic (exact) mass is 318 g/mol. The number of hydrogen-bond acceptors (Lipinski definition) is 2. The van der Waals surface area contributed by atoms with Gasteiger partial charge in [0.2, 0.25) is 0 Å². The summed E-state index contributed by atoms with van der Waals surface area (Å²) in [7, 11) is 0. The summed E-state index contributed by atoms with van der Waals surface area (Å²) in [6, 6.07) is 5.19. The number of halogens is 4. The van der Waals surface area contributed by atoms with Crippen LogP contribution in [0, 0.1) is 0 Å². The van der Waals surface area contributed by atoms with Gasteiger partial charge in [0, 0.05) is 24.5 Å². The lowest BCUT2D eigenvalue weighted by atomic mass is 10.3. The Morgan fingerprint density at radius 2 is 1.86 bits per heavy atom. The number of nitrogens with zero attached hydrogens (tertiary/aromatic N) is 2. The Bertz CT molecular complexity index is 703. The number of imidazole rings is 1. The number of aromatic nitrogens is 2. The molecular weight excluding hydrogens is 304 g/mol. The molecule has 0 fully saturated rings. The number of alkyl halides is 4. The zero-order chi connectivity index (χ0) is 16.5. The first-order valence-corrected chi connectivity index (χ1v) is 6.47. The van der Waals surface area contributed by atoms with Gasteiger partial charge in [0.15, 0.2) is 0 Å². The van der Waals surface area contributed by atoms with E-state index in [2.05, 4.69) is 4.74 Å². The normalized spacial score (nSPS) is 13.4. The van der Waals surface area contributed by atoms with Crippen LogP contribution in [-0.2, 0) is 0 Å². The maximum Gasteiger partial charge on any atom is 0.457 e. The van der Waals surface area contributed by atoms with Gasteiger partial charge < -0.3 is 4.74 Å². The molecule has 1 unspecified atom stereocenters. The van der Waals surface area contributed by atoms with E-state index in [0.717, 1.165) is 0 Å². The van der Waals surface area contributed by atoms with E-state index in [1.54, 1.807) is 6.20 Å². The van der Waals surface area contributed by atoms with Crippen molar-refractivity contribution in [2.45, 2.75) is 32.4 Å². The van der Waals surface area contributed by atoms with Gasteiger partial charge in [-0.1, -0.05) is 6.07 Å². The van der Waals surface area contributed by atoms with Gasteiger partial charge in [-0.3, -0.25) is 9.13 Å². The summed E-state index contributed by atoms with van der Waals surface area (Å²) in [6.45, 7) is 3.64. The fourth-order valence-corrected chi connectivity index (χ4v) is 1.87. The summed E-state index contributed by atoms with van der Waals surface area (Å²) in [5.41, 5.74) is -0.0592. The second-order valence-corrected chi connectivity index (χ2v) is 4.92. The molecule has 2 aromatic rings. The Morgan fingerprint density at radius 1 is 1.18 bits per heavy atom. The van der Waals surface area contributed by atoms with E-state index in [1.165, 1.54) is 39.6 Å². The van der Waals surface area contributed by atoms with Crippen molar-refractivity contribution in [2.75, 3.05) is 0 Å². The van der Waals surface area contributed by atoms with Gasteiger partial charge in [0.1, 0.15) is 5.75 Å². The van der Waals surface area contributed by atoms with Crippen LogP contribution in [0.15, 0.2) is 41.5 Å². The molecule has 0 aliphatic carbocycles. The molecule has 0 N–H and O–H groups in total. The predicted octanol–water partition coefficient (Wildman–Crippen LogP) is 3.46. The summed E-state index contributed by atoms with van der Waals surface area (Å²) >= 11 is 0. The molecule has 2 rings (SSSR count). The van der Waals surface area contributed by atoms with Gasteiger partial charge in [-0.2, -0.15) is 17.6 Å². The first-order chi connectivity index (χ1) is 10.2. The molecule has 4 nitrogen and oxygen atoms in total. The maximum atomic E-state index is 12.9. The van der Waals surface area contributed by atoms with E-state index < -0.39 is 12.5 Å². The van der Waals surface area contributed by atoms with Crippen LogP contribution in [0.4, 0.5) is 17.6 Å². The number of rotatable bonds is 4. The number of benzene rings is 1. The minimum Gasteiger partial charge on any atom is -0.452 e. The molecule has 0 aliphatic rings. The van der Waals surface area contributed by atoms with Crippen LogP contribution in [0.25, 0.3) is 5.69 Å². The minimum atomic E-state index is -5.10. The highest BCUT2D eigenvalue weighted by Gasteiger charge is 2.42. The molecule has 0 saturated heterocycles. The van der Waals surface area contributed by atoms with E-state index in [4.69, 9.17) is 0 Å². The van der Waals surface area contributed by atoms with E-state index in [9.17, 15) is 22.4 Å². The highest BCUT2D eigenvalue weighted by molar-refractivity contribution is 5.39. The van der Waals surface area contributed by atoms with Crippen LogP contribution in [0.1, 0.15) is 19.9 Å². The molecule has 120 valence electrons. The number of hydrogen-bond donors (Lipinski definition) is 0. The van der Waals surface area contributed by atoms with Crippen LogP contribution < -0.4 is 10.4 Å². The molecule has 1 aromatic heterocycles. The predicted molar refractivity (Wildman–Crippen MR) is 72.0 cm³/mol. The Morgan fingerprint density at radius 3 is 2.41 bits per heavy atom. The Balaban J connectivity index is 2.31. The molecule has 0 spiro atoms. The standard InChI is InChI=1S/C14H14F4N2O2/c1-9(2)19-6-7-20(13(19)21)10-4-3-5-11(8-10)22-12(15)14(16,17)18/h3-9,12H,1-2H3. The lowest BCUT2D eigenvalue weighted by Crippen LogP contribution is -2.30. The van der Waals surface area contributed by atoms with Crippen LogP contribution in [0.2, 0.25) is 0 Å². The van der Waals surface area contributed by atoms with Gasteiger partial charge in [-0.15, -0.1) is 0 Å². The number of ether oxygens (including phenoxy) is 1. The van der Waals surface area contributed by atoms with Crippen LogP contribution in [-0.4, -0.2) is 21.7 Å². The Kier molecular flexibility index (Phi) is 4.30. The topological polar surface area (TPSA) is 36.2 Å². The van der Waals surface area contributed by atoms with Crippen molar-refractivity contribution in [3.63, 3.8) is 0 Å². The smallest absolute Gasteiger partial charge is 0.452 e. The molecular formula is C14H14F4N2O2. The summed E-state index contributed by atoms with van der Waals surface area (Å²) in [6.07, 6.45) is -5.47. The fourth-order valence-electron chi connectivity index (χ4n) is 1.87. The van der Waals surface area contributed by atoms with Gasteiger partial charge in [0.05, 0.1) is 5.69 Å². The summed E-state index contributed by atoms with van der Waals surface area (Å²) in [5.74, 6) is -0.313. The molecule has 8 heteroatoms. The Hall–Kier alpha value is -2.25. The lowest BCUT2D eigenvalue weighted by molar-refractivity contribution is -0.236. The zero-order valence-electron chi connectivity index (χ0n) is 11.8. The van der Waals surface area contributed by atoms with Gasteiger partial charge >= 0.3 is 18.2 Å². The third-order valence-electron chi connectivity index (χ3n) is 2.95. The fraction of sp³-hybridized carbons (Fsp3) is 0.357. The quantitative estimate of drug-likeness (QED) is 0.810. The van der Waals surface area contributed by atoms with Gasteiger partial charge in [-0.05, 0) is 26.0 Å². The molecule has 1 aromatic carbocycles. The maximum absolute atomic E-state index is 12.9. The van der Waals surface area contributed by atoms with Crippen LogP contribution >= 0.6 is 0 Å². The molecule has 0 saturated carbocycles. The molecule has 0 aliphatic heterocycles. The zero-order valence-corrected chi connectivity index (χ0v) is 11.8. The molecule has 1 atom stereocenters. The van der Waals surface area contributed by atoms with E-state index in [-0.39, 0.29) is 23.2 Å². The Labute approximate surface area is 123 Å². The highest BCUT2D eigenvalue weighted by atomic mass is 19.4.